The molecule has 0 heterocycles. The van der Waals surface area contributed by atoms with Gasteiger partial charge < -0.3 is 4.90 Å². The zero-order valence-corrected chi connectivity index (χ0v) is 14.7. The first-order chi connectivity index (χ1) is 11.7. The van der Waals surface area contributed by atoms with Gasteiger partial charge in [0.05, 0.1) is 5.02 Å². The number of nitrogens with one attached hydrogen (secondary N) is 1. The van der Waals surface area contributed by atoms with Gasteiger partial charge in [0.25, 0.3) is 0 Å². The van der Waals surface area contributed by atoms with E-state index in [2.05, 4.69) is 4.72 Å². The molecule has 0 saturated carbocycles. The standard InChI is InChI=1S/C16H15ClF2N2O3S/c1-11(22)21(16-13(18)6-4-7-14(16)19)10-9-20-25(23,24)15-8-3-2-5-12(15)17/h2-8,20H,9-10H2,1H3. The van der Waals surface area contributed by atoms with Crippen molar-refractivity contribution in [3.8, 4) is 0 Å². The number of para-hydroxylation sites is 1. The van der Waals surface area contributed by atoms with Gasteiger partial charge in [-0.05, 0) is 24.3 Å². The highest BCUT2D eigenvalue weighted by molar-refractivity contribution is 7.89. The molecule has 134 valence electrons. The zero-order chi connectivity index (χ0) is 18.6. The highest BCUT2D eigenvalue weighted by Gasteiger charge is 2.22. The van der Waals surface area contributed by atoms with Crippen LogP contribution >= 0.6 is 11.6 Å². The maximum absolute atomic E-state index is 13.8. The highest BCUT2D eigenvalue weighted by Crippen LogP contribution is 2.23. The van der Waals surface area contributed by atoms with Crippen LogP contribution in [0.3, 0.4) is 0 Å². The molecule has 0 radical (unpaired) electrons. The summed E-state index contributed by atoms with van der Waals surface area (Å²) >= 11 is 5.86. The van der Waals surface area contributed by atoms with Crippen LogP contribution in [0.4, 0.5) is 14.5 Å². The molecule has 5 nitrogen and oxygen atoms in total. The van der Waals surface area contributed by atoms with Gasteiger partial charge in [0, 0.05) is 20.0 Å². The number of carbonyl (C=O) groups excluding carboxylic acids is 1. The third kappa shape index (κ3) is 4.53. The van der Waals surface area contributed by atoms with Crippen molar-refractivity contribution in [1.82, 2.24) is 4.72 Å². The van der Waals surface area contributed by atoms with Crippen LogP contribution in [0, 0.1) is 11.6 Å². The van der Waals surface area contributed by atoms with E-state index in [9.17, 15) is 22.0 Å². The second-order valence-corrected chi connectivity index (χ2v) is 7.21. The summed E-state index contributed by atoms with van der Waals surface area (Å²) < 4.78 is 54.4. The van der Waals surface area contributed by atoms with Gasteiger partial charge in [0.15, 0.2) is 0 Å². The fraction of sp³-hybridized carbons (Fsp3) is 0.188. The molecule has 1 N–H and O–H groups in total. The first-order valence-electron chi connectivity index (χ1n) is 7.20. The van der Waals surface area contributed by atoms with Crippen LogP contribution in [0.15, 0.2) is 47.4 Å². The van der Waals surface area contributed by atoms with E-state index in [1.165, 1.54) is 24.3 Å². The third-order valence-corrected chi connectivity index (χ3v) is 5.30. The smallest absolute Gasteiger partial charge is 0.242 e. The van der Waals surface area contributed by atoms with Crippen molar-refractivity contribution in [2.24, 2.45) is 0 Å². The second kappa shape index (κ2) is 7.90. The third-order valence-electron chi connectivity index (χ3n) is 3.34. The summed E-state index contributed by atoms with van der Waals surface area (Å²) in [4.78, 5) is 12.4. The number of hydrogen-bond acceptors (Lipinski definition) is 3. The topological polar surface area (TPSA) is 66.5 Å². The number of benzene rings is 2. The maximum atomic E-state index is 13.8. The summed E-state index contributed by atoms with van der Waals surface area (Å²) in [5.41, 5.74) is -0.521. The normalized spacial score (nSPS) is 11.4. The minimum atomic E-state index is -3.92. The van der Waals surface area contributed by atoms with Crippen molar-refractivity contribution >= 4 is 33.2 Å². The van der Waals surface area contributed by atoms with Gasteiger partial charge in [0.1, 0.15) is 22.2 Å². The zero-order valence-electron chi connectivity index (χ0n) is 13.2. The Bertz CT molecular complexity index is 870. The Morgan fingerprint density at radius 1 is 1.12 bits per heavy atom. The molecule has 9 heteroatoms. The Kier molecular flexibility index (Phi) is 6.10. The lowest BCUT2D eigenvalue weighted by Gasteiger charge is -2.22. The van der Waals surface area contributed by atoms with E-state index < -0.39 is 33.3 Å². The molecular formula is C16H15ClF2N2O3S. The number of sulfonamides is 1. The van der Waals surface area contributed by atoms with E-state index in [1.807, 2.05) is 0 Å². The minimum absolute atomic E-state index is 0.0403. The van der Waals surface area contributed by atoms with Crippen molar-refractivity contribution in [1.29, 1.82) is 0 Å². The Hall–Kier alpha value is -2.03. The number of halogens is 3. The number of nitrogens with zero attached hydrogens (tertiary/aromatic N) is 1. The van der Waals surface area contributed by atoms with Crippen LogP contribution in [0.5, 0.6) is 0 Å². The maximum Gasteiger partial charge on any atom is 0.242 e. The fourth-order valence-electron chi connectivity index (χ4n) is 2.21. The summed E-state index contributed by atoms with van der Waals surface area (Å²) in [6, 6.07) is 9.05. The van der Waals surface area contributed by atoms with Crippen LogP contribution in [-0.4, -0.2) is 27.4 Å². The number of anilines is 1. The summed E-state index contributed by atoms with van der Waals surface area (Å²) in [6.07, 6.45) is 0. The molecule has 2 aromatic carbocycles. The molecule has 1 amide bonds. The van der Waals surface area contributed by atoms with E-state index in [-0.39, 0.29) is 23.0 Å². The molecule has 0 saturated heterocycles. The lowest BCUT2D eigenvalue weighted by Crippen LogP contribution is -2.38. The first-order valence-corrected chi connectivity index (χ1v) is 9.06. The predicted octanol–water partition coefficient (Wildman–Crippen LogP) is 2.95. The molecule has 0 unspecified atom stereocenters. The average molecular weight is 389 g/mol. The Labute approximate surface area is 149 Å². The molecule has 0 atom stereocenters. The molecule has 0 aliphatic rings. The van der Waals surface area contributed by atoms with E-state index in [0.29, 0.717) is 0 Å². The molecule has 0 aliphatic carbocycles. The van der Waals surface area contributed by atoms with Crippen LogP contribution in [0.2, 0.25) is 5.02 Å². The molecule has 0 aromatic heterocycles. The number of carbonyl (C=O) groups is 1. The molecular weight excluding hydrogens is 374 g/mol. The van der Waals surface area contributed by atoms with Crippen molar-refractivity contribution in [3.63, 3.8) is 0 Å². The van der Waals surface area contributed by atoms with E-state index >= 15 is 0 Å². The van der Waals surface area contributed by atoms with Crippen LogP contribution in [-0.2, 0) is 14.8 Å². The molecule has 0 bridgehead atoms. The monoisotopic (exact) mass is 388 g/mol. The molecule has 2 aromatic rings. The van der Waals surface area contributed by atoms with Crippen LogP contribution in [0.1, 0.15) is 6.92 Å². The van der Waals surface area contributed by atoms with Gasteiger partial charge in [-0.3, -0.25) is 4.79 Å². The van der Waals surface area contributed by atoms with E-state index in [1.54, 1.807) is 6.07 Å². The minimum Gasteiger partial charge on any atom is -0.306 e. The summed E-state index contributed by atoms with van der Waals surface area (Å²) in [7, 11) is -3.92. The molecule has 0 spiro atoms. The van der Waals surface area contributed by atoms with Gasteiger partial charge in [-0.15, -0.1) is 0 Å². The Morgan fingerprint density at radius 2 is 1.72 bits per heavy atom. The van der Waals surface area contributed by atoms with Gasteiger partial charge in [0.2, 0.25) is 15.9 Å². The summed E-state index contributed by atoms with van der Waals surface area (Å²) in [5.74, 6) is -2.45. The lowest BCUT2D eigenvalue weighted by molar-refractivity contribution is -0.116. The molecule has 25 heavy (non-hydrogen) atoms. The number of hydrogen-bond donors (Lipinski definition) is 1. The average Bonchev–Trinajstić information content (AvgIpc) is 2.53. The van der Waals surface area contributed by atoms with Crippen molar-refractivity contribution < 1.29 is 22.0 Å². The van der Waals surface area contributed by atoms with Crippen LogP contribution < -0.4 is 9.62 Å². The van der Waals surface area contributed by atoms with Crippen molar-refractivity contribution in [2.75, 3.05) is 18.0 Å². The number of rotatable bonds is 6. The predicted molar refractivity (Wildman–Crippen MR) is 91.0 cm³/mol. The molecule has 0 fully saturated rings. The summed E-state index contributed by atoms with van der Waals surface area (Å²) in [5, 5.41) is 0.0403. The van der Waals surface area contributed by atoms with Gasteiger partial charge in [-0.25, -0.2) is 21.9 Å². The van der Waals surface area contributed by atoms with Gasteiger partial charge in [-0.2, -0.15) is 0 Å². The Morgan fingerprint density at radius 3 is 2.28 bits per heavy atom. The number of amides is 1. The fourth-order valence-corrected chi connectivity index (χ4v) is 3.74. The quantitative estimate of drug-likeness (QED) is 0.827. The second-order valence-electron chi connectivity index (χ2n) is 5.07. The first kappa shape index (κ1) is 19.3. The van der Waals surface area contributed by atoms with Crippen molar-refractivity contribution in [2.45, 2.75) is 11.8 Å². The van der Waals surface area contributed by atoms with E-state index in [0.717, 1.165) is 24.0 Å². The van der Waals surface area contributed by atoms with Crippen molar-refractivity contribution in [3.05, 3.63) is 59.1 Å². The van der Waals surface area contributed by atoms with E-state index in [4.69, 9.17) is 11.6 Å². The van der Waals surface area contributed by atoms with Gasteiger partial charge >= 0.3 is 0 Å². The Balaban J connectivity index is 2.16. The van der Waals surface area contributed by atoms with Crippen LogP contribution in [0.25, 0.3) is 0 Å². The highest BCUT2D eigenvalue weighted by atomic mass is 35.5. The summed E-state index contributed by atoms with van der Waals surface area (Å²) in [6.45, 7) is 0.631. The SMILES string of the molecule is CC(=O)N(CCNS(=O)(=O)c1ccccc1Cl)c1c(F)cccc1F. The lowest BCUT2D eigenvalue weighted by atomic mass is 10.2. The molecule has 2 rings (SSSR count). The molecule has 0 aliphatic heterocycles. The largest absolute Gasteiger partial charge is 0.306 e. The van der Waals surface area contributed by atoms with Gasteiger partial charge in [-0.1, -0.05) is 29.8 Å².